The molecule has 4 heteroatoms. The number of aromatic nitrogens is 1. The summed E-state index contributed by atoms with van der Waals surface area (Å²) in [7, 11) is 0. The first-order chi connectivity index (χ1) is 16.1. The molecule has 3 nitrogen and oxygen atoms in total. The van der Waals surface area contributed by atoms with E-state index in [4.69, 9.17) is 0 Å². The molecule has 0 spiro atoms. The maximum Gasteiger partial charge on any atom is 0.0646 e. The van der Waals surface area contributed by atoms with E-state index < -0.39 is 0 Å². The molecule has 35 heavy (non-hydrogen) atoms. The molecule has 191 valence electrons. The number of rotatable bonds is 1. The van der Waals surface area contributed by atoms with E-state index in [2.05, 4.69) is 69.9 Å². The zero-order valence-corrected chi connectivity index (χ0v) is 24.1. The van der Waals surface area contributed by atoms with E-state index in [0.717, 1.165) is 24.1 Å². The molecule has 5 rings (SSSR count). The first-order valence-electron chi connectivity index (χ1n) is 12.8. The Morgan fingerprint density at radius 3 is 2.31 bits per heavy atom. The van der Waals surface area contributed by atoms with Gasteiger partial charge < -0.3 is 15.2 Å². The molecule has 2 aliphatic carbocycles. The number of hydrogen-bond acceptors (Lipinski definition) is 3. The van der Waals surface area contributed by atoms with Crippen molar-refractivity contribution in [2.45, 2.75) is 78.9 Å². The van der Waals surface area contributed by atoms with Crippen LogP contribution in [-0.4, -0.2) is 27.4 Å². The van der Waals surface area contributed by atoms with Gasteiger partial charge in [0, 0.05) is 32.2 Å². The average molecular weight is 651 g/mol. The Bertz CT molecular complexity index is 1110. The second kappa shape index (κ2) is 11.2. The van der Waals surface area contributed by atoms with Crippen molar-refractivity contribution in [1.29, 1.82) is 0 Å². The van der Waals surface area contributed by atoms with Gasteiger partial charge >= 0.3 is 0 Å². The summed E-state index contributed by atoms with van der Waals surface area (Å²) in [6.07, 6.45) is 6.92. The van der Waals surface area contributed by atoms with E-state index in [1.807, 2.05) is 30.5 Å². The zero-order valence-electron chi connectivity index (χ0n) is 21.7. The molecule has 3 aromatic rings. The number of benzene rings is 2. The van der Waals surface area contributed by atoms with E-state index in [0.29, 0.717) is 5.92 Å². The Morgan fingerprint density at radius 2 is 1.63 bits per heavy atom. The molecule has 4 atom stereocenters. The third kappa shape index (κ3) is 6.05. The Morgan fingerprint density at radius 1 is 0.914 bits per heavy atom. The summed E-state index contributed by atoms with van der Waals surface area (Å²) in [4.78, 5) is 4.49. The molecule has 2 fully saturated rings. The van der Waals surface area contributed by atoms with Gasteiger partial charge in [-0.1, -0.05) is 58.4 Å². The molecule has 2 aliphatic rings. The van der Waals surface area contributed by atoms with Crippen molar-refractivity contribution >= 4 is 10.8 Å². The predicted octanol–water partition coefficient (Wildman–Crippen LogP) is 6.98. The van der Waals surface area contributed by atoms with Crippen molar-refractivity contribution in [2.75, 3.05) is 0 Å². The molecule has 1 radical (unpaired) electrons. The van der Waals surface area contributed by atoms with Gasteiger partial charge in [-0.05, 0) is 71.4 Å². The summed E-state index contributed by atoms with van der Waals surface area (Å²) in [6.45, 7) is 10.7. The second-order valence-electron chi connectivity index (χ2n) is 11.8. The van der Waals surface area contributed by atoms with Gasteiger partial charge in [-0.15, -0.1) is 35.9 Å². The van der Waals surface area contributed by atoms with Gasteiger partial charge in [-0.25, -0.2) is 0 Å². The second-order valence-corrected chi connectivity index (χ2v) is 11.8. The van der Waals surface area contributed by atoms with Crippen LogP contribution in [0.3, 0.4) is 0 Å². The minimum absolute atomic E-state index is 0. The molecule has 0 amide bonds. The van der Waals surface area contributed by atoms with Gasteiger partial charge in [-0.3, -0.25) is 0 Å². The van der Waals surface area contributed by atoms with Crippen LogP contribution in [-0.2, 0) is 20.1 Å². The van der Waals surface area contributed by atoms with Crippen molar-refractivity contribution in [3.63, 3.8) is 0 Å². The van der Waals surface area contributed by atoms with Crippen LogP contribution in [0.5, 0.6) is 0 Å². The largest absolute Gasteiger partial charge is 0.392 e. The van der Waals surface area contributed by atoms with Gasteiger partial charge in [0.2, 0.25) is 0 Å². The third-order valence-electron chi connectivity index (χ3n) is 8.40. The molecular weight excluding hydrogens is 611 g/mol. The Balaban J connectivity index is 0.000000190. The molecule has 4 unspecified atom stereocenters. The number of aliphatic hydroxyl groups excluding tert-OH is 2. The normalized spacial score (nSPS) is 26.9. The van der Waals surface area contributed by atoms with Gasteiger partial charge in [-0.2, -0.15) is 0 Å². The molecule has 2 aromatic carbocycles. The number of nitrogens with zero attached hydrogens (tertiary/aromatic N) is 1. The van der Waals surface area contributed by atoms with E-state index in [-0.39, 0.29) is 49.1 Å². The Hall–Kier alpha value is -1.58. The summed E-state index contributed by atoms with van der Waals surface area (Å²) in [5, 5.41) is 23.7. The quantitative estimate of drug-likeness (QED) is 0.280. The SMILES string of the molecule is CC1(C)CCCC2CCC(C)(C)C(O)C2C1O.Cc1cccc2cnc(-c3[c-]cccc3)cc12.[Ir]. The first-order valence-corrected chi connectivity index (χ1v) is 12.8. The summed E-state index contributed by atoms with van der Waals surface area (Å²) < 4.78 is 0. The van der Waals surface area contributed by atoms with Crippen LogP contribution in [0.2, 0.25) is 0 Å². The Kier molecular flexibility index (Phi) is 8.97. The van der Waals surface area contributed by atoms with E-state index in [1.165, 1.54) is 35.6 Å². The van der Waals surface area contributed by atoms with Gasteiger partial charge in [0.25, 0.3) is 0 Å². The van der Waals surface area contributed by atoms with Gasteiger partial charge in [0.15, 0.2) is 0 Å². The summed E-state index contributed by atoms with van der Waals surface area (Å²) in [5.41, 5.74) is 3.21. The average Bonchev–Trinajstić information content (AvgIpc) is 2.93. The molecule has 1 heterocycles. The fourth-order valence-corrected chi connectivity index (χ4v) is 5.96. The van der Waals surface area contributed by atoms with Gasteiger partial charge in [0.05, 0.1) is 12.2 Å². The number of pyridine rings is 1. The summed E-state index contributed by atoms with van der Waals surface area (Å²) in [6, 6.07) is 19.5. The molecule has 0 bridgehead atoms. The van der Waals surface area contributed by atoms with E-state index in [9.17, 15) is 10.2 Å². The topological polar surface area (TPSA) is 53.4 Å². The van der Waals surface area contributed by atoms with Crippen LogP contribution < -0.4 is 0 Å². The maximum absolute atomic E-state index is 10.7. The van der Waals surface area contributed by atoms with Crippen molar-refractivity contribution < 1.29 is 30.3 Å². The summed E-state index contributed by atoms with van der Waals surface area (Å²) >= 11 is 0. The van der Waals surface area contributed by atoms with E-state index >= 15 is 0 Å². The molecule has 0 aliphatic heterocycles. The number of fused-ring (bicyclic) bond motifs is 2. The van der Waals surface area contributed by atoms with Crippen LogP contribution in [0.15, 0.2) is 54.7 Å². The summed E-state index contributed by atoms with van der Waals surface area (Å²) in [5.74, 6) is 0.603. The van der Waals surface area contributed by atoms with Crippen LogP contribution in [0.4, 0.5) is 0 Å². The molecule has 2 N–H and O–H groups in total. The van der Waals surface area contributed by atoms with Crippen molar-refractivity contribution in [2.24, 2.45) is 22.7 Å². The van der Waals surface area contributed by atoms with Crippen LogP contribution in [0.1, 0.15) is 65.4 Å². The maximum atomic E-state index is 10.7. The zero-order chi connectivity index (χ0) is 24.5. The third-order valence-corrected chi connectivity index (χ3v) is 8.40. The molecular formula is C31H40IrNO2-. The fourth-order valence-electron chi connectivity index (χ4n) is 5.96. The monoisotopic (exact) mass is 651 g/mol. The van der Waals surface area contributed by atoms with Crippen molar-refractivity contribution in [3.8, 4) is 11.3 Å². The molecule has 1 aromatic heterocycles. The van der Waals surface area contributed by atoms with E-state index in [1.54, 1.807) is 0 Å². The standard InChI is InChI=1S/C16H12N.C15H28O2.Ir/c1-12-6-5-9-14-11-17-16(10-15(12)14)13-7-3-2-4-8-13;1-14(2)8-5-6-10-7-9-15(3,4)13(17)11(10)12(14)16;/h2-7,9-11H,1H3;10-13,16-17H,5-9H2,1-4H3;/q-1;;. The van der Waals surface area contributed by atoms with Crippen LogP contribution in [0.25, 0.3) is 22.0 Å². The molecule has 0 saturated heterocycles. The van der Waals surface area contributed by atoms with Crippen molar-refractivity contribution in [1.82, 2.24) is 4.98 Å². The predicted molar refractivity (Wildman–Crippen MR) is 140 cm³/mol. The minimum Gasteiger partial charge on any atom is -0.392 e. The fraction of sp³-hybridized carbons (Fsp3) is 0.516. The number of aryl methyl sites for hydroxylation is 1. The Labute approximate surface area is 224 Å². The van der Waals surface area contributed by atoms with Crippen LogP contribution >= 0.6 is 0 Å². The van der Waals surface area contributed by atoms with Gasteiger partial charge in [0.1, 0.15) is 0 Å². The minimum atomic E-state index is -0.357. The molecule has 2 saturated carbocycles. The number of aliphatic hydroxyl groups is 2. The first kappa shape index (κ1) is 28.0. The van der Waals surface area contributed by atoms with Crippen LogP contribution in [0, 0.1) is 35.7 Å². The van der Waals surface area contributed by atoms with Crippen molar-refractivity contribution in [3.05, 3.63) is 66.4 Å². The number of hydrogen-bond donors (Lipinski definition) is 2. The smallest absolute Gasteiger partial charge is 0.0646 e.